The van der Waals surface area contributed by atoms with E-state index in [1.807, 2.05) is 12.1 Å². The van der Waals surface area contributed by atoms with Gasteiger partial charge >= 0.3 is 24.3 Å². The van der Waals surface area contributed by atoms with Crippen LogP contribution in [-0.2, 0) is 14.3 Å². The zero-order valence-corrected chi connectivity index (χ0v) is 14.1. The third kappa shape index (κ3) is 7.56. The normalized spacial score (nSPS) is 11.0. The topological polar surface area (TPSA) is 77.5 Å². The Morgan fingerprint density at radius 3 is 1.07 bits per heavy atom. The van der Waals surface area contributed by atoms with E-state index in [9.17, 15) is 45.5 Å². The molecule has 0 heterocycles. The van der Waals surface area contributed by atoms with Gasteiger partial charge in [-0.15, -0.1) is 0 Å². The van der Waals surface area contributed by atoms with Crippen LogP contribution >= 0.6 is 0 Å². The van der Waals surface area contributed by atoms with Gasteiger partial charge in [-0.1, -0.05) is 60.7 Å². The Balaban J connectivity index is 0.000000298. The lowest BCUT2D eigenvalue weighted by atomic mass is 10.0. The van der Waals surface area contributed by atoms with Crippen molar-refractivity contribution in [2.75, 3.05) is 0 Å². The van der Waals surface area contributed by atoms with E-state index in [1.54, 1.807) is 48.5 Å². The summed E-state index contributed by atoms with van der Waals surface area (Å²) in [4.78, 5) is 42.9. The van der Waals surface area contributed by atoms with Gasteiger partial charge in [-0.2, -0.15) is 26.3 Å². The summed E-state index contributed by atoms with van der Waals surface area (Å²) >= 11 is 0. The second-order valence-electron chi connectivity index (χ2n) is 5.06. The molecule has 0 amide bonds. The zero-order valence-electron chi connectivity index (χ0n) is 14.1. The van der Waals surface area contributed by atoms with Crippen molar-refractivity contribution in [3.8, 4) is 0 Å². The van der Waals surface area contributed by atoms with Crippen molar-refractivity contribution in [1.82, 2.24) is 0 Å². The van der Waals surface area contributed by atoms with Crippen molar-refractivity contribution in [3.63, 3.8) is 0 Å². The summed E-state index contributed by atoms with van der Waals surface area (Å²) < 4.78 is 69.7. The quantitative estimate of drug-likeness (QED) is 0.247. The highest BCUT2D eigenvalue weighted by atomic mass is 19.4. The highest BCUT2D eigenvalue weighted by molar-refractivity contribution is 6.49. The lowest BCUT2D eigenvalue weighted by Crippen LogP contribution is -2.34. The molecule has 2 rings (SSSR count). The number of Topliss-reactive ketones (excluding diaryl/α,β-unsaturated/α-hetero) is 2. The maximum Gasteiger partial charge on any atom is 0.491 e. The van der Waals surface area contributed by atoms with Crippen molar-refractivity contribution >= 4 is 23.5 Å². The first-order valence-electron chi connectivity index (χ1n) is 7.43. The van der Waals surface area contributed by atoms with E-state index in [0.29, 0.717) is 11.1 Å². The van der Waals surface area contributed by atoms with Crippen LogP contribution in [0.5, 0.6) is 0 Å². The number of rotatable bonds is 3. The standard InChI is InChI=1S/C14H10O2.C4F6O3/c15-13(11-7-3-1-4-8-11)14(16)12-9-5-2-6-10-12;5-3(6,7)1(11)13-2(12)4(8,9)10/h1-10H;. The van der Waals surface area contributed by atoms with Gasteiger partial charge in [0, 0.05) is 11.1 Å². The number of hydrogen-bond acceptors (Lipinski definition) is 5. The monoisotopic (exact) mass is 420 g/mol. The van der Waals surface area contributed by atoms with Crippen molar-refractivity contribution < 1.29 is 50.3 Å². The predicted octanol–water partition coefficient (Wildman–Crippen LogP) is 3.93. The summed E-state index contributed by atoms with van der Waals surface area (Å²) in [6.07, 6.45) is -11.2. The number of hydrogen-bond donors (Lipinski definition) is 0. The summed E-state index contributed by atoms with van der Waals surface area (Å²) in [7, 11) is 0. The molecule has 0 unspecified atom stereocenters. The minimum atomic E-state index is -5.62. The molecule has 0 spiro atoms. The molecule has 0 aromatic heterocycles. The van der Waals surface area contributed by atoms with E-state index < -0.39 is 35.9 Å². The predicted molar refractivity (Wildman–Crippen MR) is 84.8 cm³/mol. The number of alkyl halides is 6. The molecule has 2 aromatic carbocycles. The Hall–Kier alpha value is -3.50. The van der Waals surface area contributed by atoms with Crippen LogP contribution in [0.1, 0.15) is 20.7 Å². The minimum Gasteiger partial charge on any atom is -0.380 e. The minimum absolute atomic E-state index is 0.427. The molecule has 2 aromatic rings. The number of carbonyl (C=O) groups excluding carboxylic acids is 4. The van der Waals surface area contributed by atoms with E-state index in [2.05, 4.69) is 4.74 Å². The van der Waals surface area contributed by atoms with E-state index in [4.69, 9.17) is 0 Å². The van der Waals surface area contributed by atoms with E-state index in [1.165, 1.54) is 0 Å². The fraction of sp³-hybridized carbons (Fsp3) is 0.111. The molecule has 0 aliphatic rings. The number of benzene rings is 2. The van der Waals surface area contributed by atoms with Crippen molar-refractivity contribution in [3.05, 3.63) is 71.8 Å². The van der Waals surface area contributed by atoms with Crippen LogP contribution in [0.25, 0.3) is 0 Å². The lowest BCUT2D eigenvalue weighted by Gasteiger charge is -2.06. The Morgan fingerprint density at radius 1 is 0.552 bits per heavy atom. The van der Waals surface area contributed by atoms with Crippen LogP contribution in [-0.4, -0.2) is 35.9 Å². The molecule has 0 N–H and O–H groups in total. The number of ether oxygens (including phenoxy) is 1. The van der Waals surface area contributed by atoms with Crippen molar-refractivity contribution in [2.24, 2.45) is 0 Å². The van der Waals surface area contributed by atoms with Crippen molar-refractivity contribution in [1.29, 1.82) is 0 Å². The summed E-state index contributed by atoms with van der Waals surface area (Å²) in [5.41, 5.74) is 0.854. The molecule has 5 nitrogen and oxygen atoms in total. The summed E-state index contributed by atoms with van der Waals surface area (Å²) in [6.45, 7) is 0. The number of esters is 2. The van der Waals surface area contributed by atoms with Gasteiger partial charge in [-0.25, -0.2) is 9.59 Å². The van der Waals surface area contributed by atoms with Crippen LogP contribution < -0.4 is 0 Å². The highest BCUT2D eigenvalue weighted by Crippen LogP contribution is 2.21. The Bertz CT molecular complexity index is 800. The third-order valence-electron chi connectivity index (χ3n) is 2.93. The van der Waals surface area contributed by atoms with Crippen LogP contribution in [0.3, 0.4) is 0 Å². The van der Waals surface area contributed by atoms with Gasteiger partial charge in [0.25, 0.3) is 0 Å². The van der Waals surface area contributed by atoms with E-state index in [-0.39, 0.29) is 0 Å². The van der Waals surface area contributed by atoms with Gasteiger partial charge in [0.05, 0.1) is 0 Å². The van der Waals surface area contributed by atoms with Gasteiger partial charge in [-0.05, 0) is 0 Å². The van der Waals surface area contributed by atoms with E-state index >= 15 is 0 Å². The molecule has 0 bridgehead atoms. The summed E-state index contributed by atoms with van der Waals surface area (Å²) in [5.74, 6) is -7.33. The molecule has 0 fully saturated rings. The van der Waals surface area contributed by atoms with Crippen LogP contribution in [0, 0.1) is 0 Å². The number of halogens is 6. The number of ketones is 2. The first-order chi connectivity index (χ1) is 13.3. The fourth-order valence-corrected chi connectivity index (χ4v) is 1.64. The van der Waals surface area contributed by atoms with Gasteiger partial charge in [-0.3, -0.25) is 9.59 Å². The van der Waals surface area contributed by atoms with Gasteiger partial charge in [0.15, 0.2) is 0 Å². The molecule has 0 saturated carbocycles. The molecule has 0 radical (unpaired) electrons. The van der Waals surface area contributed by atoms with Crippen LogP contribution in [0.15, 0.2) is 60.7 Å². The summed E-state index contributed by atoms with van der Waals surface area (Å²) in [5, 5.41) is 0. The van der Waals surface area contributed by atoms with Gasteiger partial charge in [0.1, 0.15) is 0 Å². The zero-order chi connectivity index (χ0) is 22.2. The smallest absolute Gasteiger partial charge is 0.380 e. The maximum absolute atomic E-state index is 11.8. The third-order valence-corrected chi connectivity index (χ3v) is 2.93. The molecule has 0 saturated heterocycles. The molecule has 11 heteroatoms. The van der Waals surface area contributed by atoms with E-state index in [0.717, 1.165) is 0 Å². The maximum atomic E-state index is 11.8. The van der Waals surface area contributed by atoms with Gasteiger partial charge in [0.2, 0.25) is 11.6 Å². The lowest BCUT2D eigenvalue weighted by molar-refractivity contribution is -0.221. The fourth-order valence-electron chi connectivity index (χ4n) is 1.64. The van der Waals surface area contributed by atoms with Gasteiger partial charge < -0.3 is 4.74 Å². The Labute approximate surface area is 158 Å². The largest absolute Gasteiger partial charge is 0.491 e. The van der Waals surface area contributed by atoms with Crippen LogP contribution in [0.2, 0.25) is 0 Å². The molecule has 0 aliphatic heterocycles. The highest BCUT2D eigenvalue weighted by Gasteiger charge is 2.49. The molecular weight excluding hydrogens is 410 g/mol. The average Bonchev–Trinajstić information content (AvgIpc) is 2.67. The molecule has 154 valence electrons. The Morgan fingerprint density at radius 2 is 0.828 bits per heavy atom. The molecule has 0 aliphatic carbocycles. The second-order valence-corrected chi connectivity index (χ2v) is 5.06. The average molecular weight is 420 g/mol. The molecular formula is C18H10F6O5. The SMILES string of the molecule is O=C(C(=O)c1ccccc1)c1ccccc1.O=C(OC(=O)C(F)(F)F)C(F)(F)F. The first-order valence-corrected chi connectivity index (χ1v) is 7.43. The van der Waals surface area contributed by atoms with Crippen molar-refractivity contribution in [2.45, 2.75) is 12.4 Å². The Kier molecular flexibility index (Phi) is 7.81. The molecule has 29 heavy (non-hydrogen) atoms. The second kappa shape index (κ2) is 9.62. The number of carbonyl (C=O) groups is 4. The molecule has 0 atom stereocenters. The summed E-state index contributed by atoms with van der Waals surface area (Å²) in [6, 6.07) is 17.2. The first kappa shape index (κ1) is 23.5. The van der Waals surface area contributed by atoms with Crippen LogP contribution in [0.4, 0.5) is 26.3 Å².